The van der Waals surface area contributed by atoms with Crippen LogP contribution in [-0.2, 0) is 5.41 Å². The average molecular weight is 283 g/mol. The molecule has 1 aromatic carbocycles. The summed E-state index contributed by atoms with van der Waals surface area (Å²) in [6.45, 7) is 18.4. The molecular weight excluding hydrogens is 254 g/mol. The van der Waals surface area contributed by atoms with Crippen LogP contribution in [0.25, 0.3) is 10.9 Å². The van der Waals surface area contributed by atoms with Crippen molar-refractivity contribution in [2.45, 2.75) is 60.8 Å². The zero-order valence-corrected chi connectivity index (χ0v) is 14.8. The minimum Gasteiger partial charge on any atom is -0.252 e. The Labute approximate surface area is 129 Å². The number of aromatic nitrogens is 1. The van der Waals surface area contributed by atoms with Gasteiger partial charge in [-0.1, -0.05) is 72.7 Å². The summed E-state index contributed by atoms with van der Waals surface area (Å²) < 4.78 is 0. The van der Waals surface area contributed by atoms with Gasteiger partial charge in [-0.2, -0.15) is 0 Å². The molecule has 0 aliphatic heterocycles. The molecule has 1 heteroatoms. The third-order valence-corrected chi connectivity index (χ3v) is 5.43. The Hall–Kier alpha value is -1.37. The first-order valence-corrected chi connectivity index (χ1v) is 7.85. The summed E-state index contributed by atoms with van der Waals surface area (Å²) in [5.74, 6) is 0. The summed E-state index contributed by atoms with van der Waals surface area (Å²) in [4.78, 5) is 5.08. The molecule has 2 rings (SSSR count). The molecule has 1 nitrogen and oxygen atoms in total. The molecule has 0 atom stereocenters. The molecule has 0 spiro atoms. The molecule has 0 aliphatic carbocycles. The van der Waals surface area contributed by atoms with E-state index >= 15 is 0 Å². The van der Waals surface area contributed by atoms with Crippen LogP contribution in [0.15, 0.2) is 30.3 Å². The first kappa shape index (κ1) is 16.0. The zero-order valence-electron chi connectivity index (χ0n) is 14.8. The number of aryl methyl sites for hydroxylation is 1. The topological polar surface area (TPSA) is 12.9 Å². The highest BCUT2D eigenvalue weighted by molar-refractivity contribution is 5.81. The minimum absolute atomic E-state index is 0.00350. The lowest BCUT2D eigenvalue weighted by molar-refractivity contribution is 0.0656. The zero-order chi connectivity index (χ0) is 16.1. The van der Waals surface area contributed by atoms with E-state index in [2.05, 4.69) is 85.7 Å². The Kier molecular flexibility index (Phi) is 3.68. The summed E-state index contributed by atoms with van der Waals surface area (Å²) in [7, 11) is 0. The lowest BCUT2D eigenvalue weighted by Gasteiger charge is -2.51. The predicted octanol–water partition coefficient (Wildman–Crippen LogP) is 5.89. The van der Waals surface area contributed by atoms with Crippen LogP contribution in [0.2, 0.25) is 0 Å². The summed E-state index contributed by atoms with van der Waals surface area (Å²) in [5.41, 5.74) is 3.85. The van der Waals surface area contributed by atoms with Crippen LogP contribution in [0.5, 0.6) is 0 Å². The van der Waals surface area contributed by atoms with Gasteiger partial charge in [-0.25, -0.2) is 0 Å². The normalized spacial score (nSPS) is 13.7. The molecule has 0 saturated carbocycles. The molecule has 0 fully saturated rings. The summed E-state index contributed by atoms with van der Waals surface area (Å²) in [5, 5.41) is 1.23. The molecule has 0 aliphatic rings. The maximum absolute atomic E-state index is 5.08. The van der Waals surface area contributed by atoms with Gasteiger partial charge in [-0.15, -0.1) is 0 Å². The highest BCUT2D eigenvalue weighted by atomic mass is 14.8. The third-order valence-electron chi connectivity index (χ3n) is 5.43. The van der Waals surface area contributed by atoms with Gasteiger partial charge in [0.15, 0.2) is 0 Å². The number of rotatable bonds is 1. The summed E-state index contributed by atoms with van der Waals surface area (Å²) in [6.07, 6.45) is 0. The molecule has 114 valence electrons. The standard InChI is InChI=1S/C20H29N/c1-14-10-9-11-15-12-13-16(21-17(14)15)20(8,18(2,3)4)19(5,6)7/h9-13H,1-8H3. The second-order valence-electron chi connectivity index (χ2n) is 8.47. The van der Waals surface area contributed by atoms with Gasteiger partial charge in [0.05, 0.1) is 5.52 Å². The third kappa shape index (κ3) is 2.47. The van der Waals surface area contributed by atoms with Gasteiger partial charge < -0.3 is 0 Å². The van der Waals surface area contributed by atoms with Gasteiger partial charge in [0.1, 0.15) is 0 Å². The molecule has 0 saturated heterocycles. The Morgan fingerprint density at radius 2 is 1.33 bits per heavy atom. The van der Waals surface area contributed by atoms with Crippen LogP contribution in [0, 0.1) is 17.8 Å². The molecule has 0 amide bonds. The van der Waals surface area contributed by atoms with E-state index in [-0.39, 0.29) is 16.2 Å². The second kappa shape index (κ2) is 4.83. The smallest absolute Gasteiger partial charge is 0.0734 e. The number of pyridine rings is 1. The number of benzene rings is 1. The fourth-order valence-corrected chi connectivity index (χ4v) is 3.47. The van der Waals surface area contributed by atoms with E-state index in [9.17, 15) is 0 Å². The van der Waals surface area contributed by atoms with Gasteiger partial charge in [0.25, 0.3) is 0 Å². The molecule has 1 aromatic heterocycles. The number of fused-ring (bicyclic) bond motifs is 1. The molecule has 0 radical (unpaired) electrons. The van der Waals surface area contributed by atoms with Crippen LogP contribution in [0.4, 0.5) is 0 Å². The van der Waals surface area contributed by atoms with Crippen LogP contribution in [0.1, 0.15) is 59.7 Å². The van der Waals surface area contributed by atoms with E-state index in [0.29, 0.717) is 0 Å². The monoisotopic (exact) mass is 283 g/mol. The number of hydrogen-bond donors (Lipinski definition) is 0. The molecule has 21 heavy (non-hydrogen) atoms. The SMILES string of the molecule is Cc1cccc2ccc(C(C)(C(C)(C)C)C(C)(C)C)nc12. The number of para-hydroxylation sites is 1. The van der Waals surface area contributed by atoms with Gasteiger partial charge in [0, 0.05) is 16.5 Å². The van der Waals surface area contributed by atoms with Crippen molar-refractivity contribution >= 4 is 10.9 Å². The second-order valence-corrected chi connectivity index (χ2v) is 8.47. The first-order chi connectivity index (χ1) is 9.48. The number of hydrogen-bond acceptors (Lipinski definition) is 1. The fraction of sp³-hybridized carbons (Fsp3) is 0.550. The van der Waals surface area contributed by atoms with Crippen LogP contribution >= 0.6 is 0 Å². The van der Waals surface area contributed by atoms with E-state index in [1.54, 1.807) is 0 Å². The van der Waals surface area contributed by atoms with Crippen molar-refractivity contribution in [3.8, 4) is 0 Å². The van der Waals surface area contributed by atoms with E-state index in [1.165, 1.54) is 16.6 Å². The molecule has 2 aromatic rings. The quantitative estimate of drug-likeness (QED) is 0.635. The Balaban J connectivity index is 2.76. The highest BCUT2D eigenvalue weighted by Crippen LogP contribution is 2.52. The maximum Gasteiger partial charge on any atom is 0.0734 e. The van der Waals surface area contributed by atoms with E-state index in [4.69, 9.17) is 4.98 Å². The predicted molar refractivity (Wildman–Crippen MR) is 92.7 cm³/mol. The fourth-order valence-electron chi connectivity index (χ4n) is 3.47. The molecule has 1 heterocycles. The minimum atomic E-state index is -0.00350. The molecule has 0 unspecified atom stereocenters. The van der Waals surface area contributed by atoms with E-state index in [0.717, 1.165) is 5.52 Å². The van der Waals surface area contributed by atoms with Crippen molar-refractivity contribution in [1.29, 1.82) is 0 Å². The van der Waals surface area contributed by atoms with Crippen molar-refractivity contribution < 1.29 is 0 Å². The van der Waals surface area contributed by atoms with Crippen LogP contribution < -0.4 is 0 Å². The van der Waals surface area contributed by atoms with E-state index in [1.807, 2.05) is 0 Å². The van der Waals surface area contributed by atoms with Crippen molar-refractivity contribution in [1.82, 2.24) is 4.98 Å². The van der Waals surface area contributed by atoms with E-state index < -0.39 is 0 Å². The molecule has 0 bridgehead atoms. The lowest BCUT2D eigenvalue weighted by Crippen LogP contribution is -2.48. The number of nitrogens with zero attached hydrogens (tertiary/aromatic N) is 1. The first-order valence-electron chi connectivity index (χ1n) is 7.85. The van der Waals surface area contributed by atoms with Crippen LogP contribution in [-0.4, -0.2) is 4.98 Å². The molecule has 0 N–H and O–H groups in total. The lowest BCUT2D eigenvalue weighted by atomic mass is 9.53. The van der Waals surface area contributed by atoms with Crippen molar-refractivity contribution in [2.75, 3.05) is 0 Å². The van der Waals surface area contributed by atoms with Crippen molar-refractivity contribution in [3.63, 3.8) is 0 Å². The highest BCUT2D eigenvalue weighted by Gasteiger charge is 2.48. The Morgan fingerprint density at radius 1 is 0.762 bits per heavy atom. The van der Waals surface area contributed by atoms with Crippen molar-refractivity contribution in [3.05, 3.63) is 41.6 Å². The van der Waals surface area contributed by atoms with Crippen molar-refractivity contribution in [2.24, 2.45) is 10.8 Å². The van der Waals surface area contributed by atoms with Gasteiger partial charge >= 0.3 is 0 Å². The van der Waals surface area contributed by atoms with Crippen LogP contribution in [0.3, 0.4) is 0 Å². The Morgan fingerprint density at radius 3 is 1.86 bits per heavy atom. The van der Waals surface area contributed by atoms with Gasteiger partial charge in [-0.05, 0) is 29.4 Å². The maximum atomic E-state index is 5.08. The van der Waals surface area contributed by atoms with Gasteiger partial charge in [-0.3, -0.25) is 4.98 Å². The largest absolute Gasteiger partial charge is 0.252 e. The molecular formula is C20H29N. The summed E-state index contributed by atoms with van der Waals surface area (Å²) in [6, 6.07) is 10.8. The average Bonchev–Trinajstić information content (AvgIpc) is 2.35. The Bertz CT molecular complexity index is 640. The van der Waals surface area contributed by atoms with Gasteiger partial charge in [0.2, 0.25) is 0 Å². The summed E-state index contributed by atoms with van der Waals surface area (Å²) >= 11 is 0.